The van der Waals surface area contributed by atoms with Crippen LogP contribution < -0.4 is 5.32 Å². The van der Waals surface area contributed by atoms with Crippen LogP contribution in [0.5, 0.6) is 0 Å². The molecule has 3 rings (SSSR count). The van der Waals surface area contributed by atoms with Crippen molar-refractivity contribution in [1.29, 1.82) is 0 Å². The number of carbonyl (C=O) groups is 1. The first-order chi connectivity index (χ1) is 8.77. The number of benzene rings is 1. The maximum absolute atomic E-state index is 12.7. The van der Waals surface area contributed by atoms with E-state index in [1.807, 2.05) is 17.0 Å². The van der Waals surface area contributed by atoms with Crippen molar-refractivity contribution < 1.29 is 4.79 Å². The number of rotatable bonds is 1. The molecular weight excluding hydrogens is 244 g/mol. The van der Waals surface area contributed by atoms with E-state index in [4.69, 9.17) is 0 Å². The third kappa shape index (κ3) is 2.04. The van der Waals surface area contributed by atoms with Crippen molar-refractivity contribution in [3.8, 4) is 0 Å². The third-order valence-corrected chi connectivity index (χ3v) is 4.97. The molecule has 1 aromatic rings. The molecule has 4 heteroatoms. The fourth-order valence-electron chi connectivity index (χ4n) is 2.74. The Morgan fingerprint density at radius 1 is 1.44 bits per heavy atom. The van der Waals surface area contributed by atoms with Crippen molar-refractivity contribution in [3.05, 3.63) is 29.8 Å². The monoisotopic (exact) mass is 262 g/mol. The van der Waals surface area contributed by atoms with Gasteiger partial charge in [-0.15, -0.1) is 11.8 Å². The summed E-state index contributed by atoms with van der Waals surface area (Å²) in [5, 5.41) is 3.33. The van der Waals surface area contributed by atoms with Crippen molar-refractivity contribution in [1.82, 2.24) is 10.2 Å². The largest absolute Gasteiger partial charge is 0.337 e. The lowest BCUT2D eigenvalue weighted by molar-refractivity contribution is -0.135. The Bertz CT molecular complexity index is 463. The molecule has 0 bridgehead atoms. The SMILES string of the molecule is C[C@@H]1CNCCN1C(=O)[C@@H]1CSc2ccccc21. The van der Waals surface area contributed by atoms with Gasteiger partial charge in [0.25, 0.3) is 0 Å². The van der Waals surface area contributed by atoms with Crippen LogP contribution in [0.3, 0.4) is 0 Å². The molecule has 2 heterocycles. The van der Waals surface area contributed by atoms with Crippen molar-refractivity contribution in [3.63, 3.8) is 0 Å². The number of hydrogen-bond acceptors (Lipinski definition) is 3. The van der Waals surface area contributed by atoms with Crippen LogP contribution in [0.2, 0.25) is 0 Å². The number of carbonyl (C=O) groups excluding carboxylic acids is 1. The van der Waals surface area contributed by atoms with Crippen LogP contribution in [0.4, 0.5) is 0 Å². The third-order valence-electron chi connectivity index (χ3n) is 3.78. The minimum Gasteiger partial charge on any atom is -0.337 e. The maximum Gasteiger partial charge on any atom is 0.231 e. The highest BCUT2D eigenvalue weighted by atomic mass is 32.2. The summed E-state index contributed by atoms with van der Waals surface area (Å²) in [5.41, 5.74) is 1.22. The molecule has 2 aliphatic rings. The molecular formula is C14H18N2OS. The number of nitrogens with zero attached hydrogens (tertiary/aromatic N) is 1. The molecule has 0 spiro atoms. The van der Waals surface area contributed by atoms with E-state index in [1.54, 1.807) is 11.8 Å². The highest BCUT2D eigenvalue weighted by Gasteiger charge is 2.34. The summed E-state index contributed by atoms with van der Waals surface area (Å²) < 4.78 is 0. The minimum absolute atomic E-state index is 0.0618. The van der Waals surface area contributed by atoms with E-state index in [0.717, 1.165) is 25.4 Å². The lowest BCUT2D eigenvalue weighted by atomic mass is 9.98. The van der Waals surface area contributed by atoms with Crippen LogP contribution in [0.1, 0.15) is 18.4 Å². The molecule has 1 fully saturated rings. The van der Waals surface area contributed by atoms with E-state index in [9.17, 15) is 4.79 Å². The Labute approximate surface area is 112 Å². The lowest BCUT2D eigenvalue weighted by Gasteiger charge is -2.35. The molecule has 0 radical (unpaired) electrons. The summed E-state index contributed by atoms with van der Waals surface area (Å²) in [4.78, 5) is 16.0. The first-order valence-electron chi connectivity index (χ1n) is 6.50. The molecule has 96 valence electrons. The number of hydrogen-bond donors (Lipinski definition) is 1. The fraction of sp³-hybridized carbons (Fsp3) is 0.500. The van der Waals surface area contributed by atoms with E-state index in [1.165, 1.54) is 10.5 Å². The van der Waals surface area contributed by atoms with Gasteiger partial charge in [0, 0.05) is 36.3 Å². The smallest absolute Gasteiger partial charge is 0.231 e. The van der Waals surface area contributed by atoms with Crippen LogP contribution in [0, 0.1) is 0 Å². The molecule has 0 saturated carbocycles. The zero-order valence-electron chi connectivity index (χ0n) is 10.6. The van der Waals surface area contributed by atoms with Gasteiger partial charge in [0.1, 0.15) is 0 Å². The standard InChI is InChI=1S/C14H18N2OS/c1-10-8-15-6-7-16(10)14(17)12-9-18-13-5-3-2-4-11(12)13/h2-5,10,12,15H,6-9H2,1H3/t10-,12-/m1/s1. The lowest BCUT2D eigenvalue weighted by Crippen LogP contribution is -2.53. The van der Waals surface area contributed by atoms with Gasteiger partial charge >= 0.3 is 0 Å². The first kappa shape index (κ1) is 12.1. The maximum atomic E-state index is 12.7. The second-order valence-electron chi connectivity index (χ2n) is 4.99. The fourth-order valence-corrected chi connectivity index (χ4v) is 3.96. The predicted molar refractivity (Wildman–Crippen MR) is 74.0 cm³/mol. The average molecular weight is 262 g/mol. The quantitative estimate of drug-likeness (QED) is 0.836. The predicted octanol–water partition coefficient (Wildman–Crippen LogP) is 1.70. The van der Waals surface area contributed by atoms with Crippen LogP contribution in [0.15, 0.2) is 29.2 Å². The number of piperazine rings is 1. The molecule has 18 heavy (non-hydrogen) atoms. The molecule has 0 aromatic heterocycles. The zero-order valence-corrected chi connectivity index (χ0v) is 11.4. The number of nitrogens with one attached hydrogen (secondary N) is 1. The second kappa shape index (κ2) is 4.94. The molecule has 1 amide bonds. The van der Waals surface area contributed by atoms with Gasteiger partial charge in [-0.3, -0.25) is 4.79 Å². The van der Waals surface area contributed by atoms with Gasteiger partial charge in [0.05, 0.1) is 5.92 Å². The number of amides is 1. The van der Waals surface area contributed by atoms with Gasteiger partial charge in [-0.1, -0.05) is 18.2 Å². The van der Waals surface area contributed by atoms with E-state index < -0.39 is 0 Å². The Morgan fingerprint density at radius 2 is 2.28 bits per heavy atom. The molecule has 2 aliphatic heterocycles. The first-order valence-corrected chi connectivity index (χ1v) is 7.49. The molecule has 0 aliphatic carbocycles. The van der Waals surface area contributed by atoms with Crippen LogP contribution in [-0.2, 0) is 4.79 Å². The molecule has 1 saturated heterocycles. The summed E-state index contributed by atoms with van der Waals surface area (Å²) in [6.07, 6.45) is 0. The Balaban J connectivity index is 1.82. The van der Waals surface area contributed by atoms with Gasteiger partial charge in [-0.05, 0) is 18.6 Å². The van der Waals surface area contributed by atoms with Crippen molar-refractivity contribution in [2.45, 2.75) is 23.8 Å². The Morgan fingerprint density at radius 3 is 3.11 bits per heavy atom. The summed E-state index contributed by atoms with van der Waals surface area (Å²) in [5.74, 6) is 1.27. The zero-order chi connectivity index (χ0) is 12.5. The summed E-state index contributed by atoms with van der Waals surface area (Å²) in [6, 6.07) is 8.61. The molecule has 1 aromatic carbocycles. The van der Waals surface area contributed by atoms with Crippen LogP contribution in [0.25, 0.3) is 0 Å². The summed E-state index contributed by atoms with van der Waals surface area (Å²) in [7, 11) is 0. The Hall–Kier alpha value is -1.00. The van der Waals surface area contributed by atoms with Crippen molar-refractivity contribution in [2.24, 2.45) is 0 Å². The van der Waals surface area contributed by atoms with Gasteiger partial charge < -0.3 is 10.2 Å². The van der Waals surface area contributed by atoms with Gasteiger partial charge in [-0.25, -0.2) is 0 Å². The van der Waals surface area contributed by atoms with E-state index in [-0.39, 0.29) is 5.92 Å². The topological polar surface area (TPSA) is 32.3 Å². The van der Waals surface area contributed by atoms with Crippen molar-refractivity contribution >= 4 is 17.7 Å². The molecule has 0 unspecified atom stereocenters. The second-order valence-corrected chi connectivity index (χ2v) is 6.05. The number of thioether (sulfide) groups is 1. The van der Waals surface area contributed by atoms with Crippen molar-refractivity contribution in [2.75, 3.05) is 25.4 Å². The highest BCUT2D eigenvalue weighted by Crippen LogP contribution is 2.40. The van der Waals surface area contributed by atoms with E-state index in [0.29, 0.717) is 11.9 Å². The Kier molecular flexibility index (Phi) is 3.31. The number of fused-ring (bicyclic) bond motifs is 1. The molecule has 2 atom stereocenters. The summed E-state index contributed by atoms with van der Waals surface area (Å²) in [6.45, 7) is 4.78. The normalized spacial score (nSPS) is 27.1. The molecule has 3 nitrogen and oxygen atoms in total. The van der Waals surface area contributed by atoms with Gasteiger partial charge in [0.2, 0.25) is 5.91 Å². The summed E-state index contributed by atoms with van der Waals surface area (Å²) >= 11 is 1.81. The minimum atomic E-state index is 0.0618. The van der Waals surface area contributed by atoms with Gasteiger partial charge in [-0.2, -0.15) is 0 Å². The average Bonchev–Trinajstić information content (AvgIpc) is 2.82. The highest BCUT2D eigenvalue weighted by molar-refractivity contribution is 7.99. The van der Waals surface area contributed by atoms with E-state index >= 15 is 0 Å². The van der Waals surface area contributed by atoms with Crippen LogP contribution >= 0.6 is 11.8 Å². The van der Waals surface area contributed by atoms with Crippen LogP contribution in [-0.4, -0.2) is 42.2 Å². The van der Waals surface area contributed by atoms with E-state index in [2.05, 4.69) is 24.4 Å². The van der Waals surface area contributed by atoms with Gasteiger partial charge in [0.15, 0.2) is 0 Å². The molecule has 1 N–H and O–H groups in total.